The van der Waals surface area contributed by atoms with Crippen LogP contribution in [0.3, 0.4) is 0 Å². The third-order valence-electron chi connectivity index (χ3n) is 3.08. The molecule has 0 radical (unpaired) electrons. The molecule has 1 aliphatic heterocycles. The molecule has 1 fully saturated rings. The topological polar surface area (TPSA) is 37.8 Å². The van der Waals surface area contributed by atoms with Gasteiger partial charge in [0.1, 0.15) is 5.03 Å². The number of benzene rings is 1. The number of fused-ring (bicyclic) bond motifs is 1. The molecule has 1 saturated heterocycles. The van der Waals surface area contributed by atoms with E-state index in [1.807, 2.05) is 24.3 Å². The van der Waals surface area contributed by atoms with Crippen LogP contribution in [0.2, 0.25) is 5.15 Å². The van der Waals surface area contributed by atoms with Crippen molar-refractivity contribution in [3.8, 4) is 0 Å². The molecule has 1 aromatic carbocycles. The first-order valence-electron chi connectivity index (χ1n) is 6.11. The molecule has 3 nitrogen and oxygen atoms in total. The van der Waals surface area contributed by atoms with E-state index in [1.165, 1.54) is 12.8 Å². The van der Waals surface area contributed by atoms with Crippen molar-refractivity contribution < 1.29 is 0 Å². The fourth-order valence-electron chi connectivity index (χ4n) is 2.13. The molecule has 0 amide bonds. The Hall–Kier alpha value is -0.840. The molecule has 0 aliphatic carbocycles. The highest BCUT2D eigenvalue weighted by atomic mass is 35.5. The van der Waals surface area contributed by atoms with E-state index in [0.29, 0.717) is 11.2 Å². The van der Waals surface area contributed by atoms with Crippen molar-refractivity contribution in [3.63, 3.8) is 0 Å². The standard InChI is InChI=1S/C13H14ClN3S/c14-12-13(18-8-9-4-3-7-15-9)17-11-6-2-1-5-10(11)16-12/h1-2,5-6,9,15H,3-4,7-8H2/t9-/m0/s1. The Morgan fingerprint density at radius 3 is 2.78 bits per heavy atom. The fourth-order valence-corrected chi connectivity index (χ4v) is 3.40. The van der Waals surface area contributed by atoms with Gasteiger partial charge in [0.2, 0.25) is 0 Å². The van der Waals surface area contributed by atoms with Crippen LogP contribution >= 0.6 is 23.4 Å². The first kappa shape index (κ1) is 12.2. The average Bonchev–Trinajstić information content (AvgIpc) is 2.89. The summed E-state index contributed by atoms with van der Waals surface area (Å²) in [6.45, 7) is 1.13. The summed E-state index contributed by atoms with van der Waals surface area (Å²) in [6, 6.07) is 8.40. The van der Waals surface area contributed by atoms with Gasteiger partial charge in [-0.15, -0.1) is 11.8 Å². The van der Waals surface area contributed by atoms with Crippen molar-refractivity contribution in [1.29, 1.82) is 0 Å². The molecule has 0 unspecified atom stereocenters. The molecule has 18 heavy (non-hydrogen) atoms. The number of nitrogens with one attached hydrogen (secondary N) is 1. The van der Waals surface area contributed by atoms with Crippen LogP contribution in [0.4, 0.5) is 0 Å². The van der Waals surface area contributed by atoms with E-state index in [2.05, 4.69) is 15.3 Å². The van der Waals surface area contributed by atoms with E-state index in [9.17, 15) is 0 Å². The number of nitrogens with zero attached hydrogens (tertiary/aromatic N) is 2. The molecule has 1 aliphatic rings. The van der Waals surface area contributed by atoms with Gasteiger partial charge in [-0.3, -0.25) is 0 Å². The Morgan fingerprint density at radius 2 is 2.06 bits per heavy atom. The van der Waals surface area contributed by atoms with Crippen LogP contribution in [0.5, 0.6) is 0 Å². The molecule has 1 aromatic heterocycles. The van der Waals surface area contributed by atoms with Gasteiger partial charge < -0.3 is 5.32 Å². The number of para-hydroxylation sites is 2. The van der Waals surface area contributed by atoms with Crippen LogP contribution in [0.15, 0.2) is 29.3 Å². The number of hydrogen-bond acceptors (Lipinski definition) is 4. The smallest absolute Gasteiger partial charge is 0.161 e. The Bertz CT molecular complexity index is 555. The van der Waals surface area contributed by atoms with Crippen LogP contribution < -0.4 is 5.32 Å². The minimum absolute atomic E-state index is 0.511. The lowest BCUT2D eigenvalue weighted by atomic mass is 10.3. The lowest BCUT2D eigenvalue weighted by Gasteiger charge is -2.09. The first-order chi connectivity index (χ1) is 8.83. The second kappa shape index (κ2) is 5.43. The van der Waals surface area contributed by atoms with Gasteiger partial charge in [-0.2, -0.15) is 0 Å². The second-order valence-corrected chi connectivity index (χ2v) is 5.78. The Morgan fingerprint density at radius 1 is 1.28 bits per heavy atom. The monoisotopic (exact) mass is 279 g/mol. The van der Waals surface area contributed by atoms with Crippen molar-refractivity contribution in [1.82, 2.24) is 15.3 Å². The second-order valence-electron chi connectivity index (χ2n) is 4.41. The molecular formula is C13H14ClN3S. The van der Waals surface area contributed by atoms with E-state index < -0.39 is 0 Å². The third-order valence-corrected chi connectivity index (χ3v) is 4.59. The van der Waals surface area contributed by atoms with E-state index in [1.54, 1.807) is 11.8 Å². The van der Waals surface area contributed by atoms with Crippen LogP contribution in [-0.2, 0) is 0 Å². The molecule has 2 heterocycles. The van der Waals surface area contributed by atoms with Crippen LogP contribution in [0.1, 0.15) is 12.8 Å². The van der Waals surface area contributed by atoms with Crippen LogP contribution in [0, 0.1) is 0 Å². The number of rotatable bonds is 3. The first-order valence-corrected chi connectivity index (χ1v) is 7.48. The van der Waals surface area contributed by atoms with Crippen molar-refractivity contribution in [2.75, 3.05) is 12.3 Å². The molecule has 1 N–H and O–H groups in total. The molecule has 94 valence electrons. The number of halogens is 1. The predicted octanol–water partition coefficient (Wildman–Crippen LogP) is 3.13. The normalized spacial score (nSPS) is 19.5. The maximum Gasteiger partial charge on any atom is 0.161 e. The highest BCUT2D eigenvalue weighted by Gasteiger charge is 2.16. The third kappa shape index (κ3) is 2.60. The minimum atomic E-state index is 0.511. The van der Waals surface area contributed by atoms with Gasteiger partial charge >= 0.3 is 0 Å². The van der Waals surface area contributed by atoms with E-state index in [4.69, 9.17) is 11.6 Å². The van der Waals surface area contributed by atoms with Crippen molar-refractivity contribution in [2.45, 2.75) is 23.9 Å². The maximum atomic E-state index is 6.17. The van der Waals surface area contributed by atoms with Crippen LogP contribution in [0.25, 0.3) is 11.0 Å². The van der Waals surface area contributed by atoms with Gasteiger partial charge in [0.15, 0.2) is 5.15 Å². The van der Waals surface area contributed by atoms with Crippen molar-refractivity contribution in [3.05, 3.63) is 29.4 Å². The summed E-state index contributed by atoms with van der Waals surface area (Å²) in [6.07, 6.45) is 2.51. The number of thioether (sulfide) groups is 1. The van der Waals surface area contributed by atoms with Gasteiger partial charge in [-0.05, 0) is 31.5 Å². The molecule has 0 spiro atoms. The van der Waals surface area contributed by atoms with E-state index >= 15 is 0 Å². The Balaban J connectivity index is 1.80. The Kier molecular flexibility index (Phi) is 3.68. The molecule has 0 bridgehead atoms. The van der Waals surface area contributed by atoms with Gasteiger partial charge in [-0.25, -0.2) is 9.97 Å². The molecule has 2 aromatic rings. The number of aromatic nitrogens is 2. The Labute approximate surface area is 115 Å². The summed E-state index contributed by atoms with van der Waals surface area (Å²) in [7, 11) is 0. The van der Waals surface area contributed by atoms with E-state index in [0.717, 1.165) is 28.4 Å². The molecular weight excluding hydrogens is 266 g/mol. The van der Waals surface area contributed by atoms with E-state index in [-0.39, 0.29) is 0 Å². The summed E-state index contributed by atoms with van der Waals surface area (Å²) in [5, 5.41) is 4.82. The maximum absolute atomic E-state index is 6.17. The highest BCUT2D eigenvalue weighted by molar-refractivity contribution is 7.99. The van der Waals surface area contributed by atoms with Crippen molar-refractivity contribution in [2.24, 2.45) is 0 Å². The lowest BCUT2D eigenvalue weighted by molar-refractivity contribution is 0.673. The molecule has 0 saturated carbocycles. The minimum Gasteiger partial charge on any atom is -0.313 e. The molecule has 5 heteroatoms. The summed E-state index contributed by atoms with van der Waals surface area (Å²) in [4.78, 5) is 8.96. The summed E-state index contributed by atoms with van der Waals surface area (Å²) >= 11 is 7.86. The quantitative estimate of drug-likeness (QED) is 0.876. The van der Waals surface area contributed by atoms with Gasteiger partial charge in [0.05, 0.1) is 11.0 Å². The summed E-state index contributed by atoms with van der Waals surface area (Å²) in [5.74, 6) is 1.01. The van der Waals surface area contributed by atoms with Gasteiger partial charge in [-0.1, -0.05) is 23.7 Å². The van der Waals surface area contributed by atoms with Gasteiger partial charge in [0, 0.05) is 11.8 Å². The zero-order chi connectivity index (χ0) is 12.4. The van der Waals surface area contributed by atoms with Crippen LogP contribution in [-0.4, -0.2) is 28.3 Å². The van der Waals surface area contributed by atoms with Crippen molar-refractivity contribution >= 4 is 34.4 Å². The highest BCUT2D eigenvalue weighted by Crippen LogP contribution is 2.27. The predicted molar refractivity (Wildman–Crippen MR) is 76.3 cm³/mol. The summed E-state index contributed by atoms with van der Waals surface area (Å²) < 4.78 is 0. The van der Waals surface area contributed by atoms with Gasteiger partial charge in [0.25, 0.3) is 0 Å². The number of hydrogen-bond donors (Lipinski definition) is 1. The fraction of sp³-hybridized carbons (Fsp3) is 0.385. The zero-order valence-corrected chi connectivity index (χ0v) is 11.5. The molecule has 1 atom stereocenters. The molecule has 3 rings (SSSR count). The summed E-state index contributed by atoms with van der Waals surface area (Å²) in [5.41, 5.74) is 1.76. The average molecular weight is 280 g/mol. The lowest BCUT2D eigenvalue weighted by Crippen LogP contribution is -2.23. The SMILES string of the molecule is Clc1nc2ccccc2nc1SC[C@@H]1CCCN1. The zero-order valence-electron chi connectivity index (χ0n) is 9.90. The largest absolute Gasteiger partial charge is 0.313 e.